The molecule has 0 aromatic heterocycles. The number of hydrogen-bond donors (Lipinski definition) is 0. The average molecular weight is 264 g/mol. The largest absolute Gasteiger partial charge is 0.294 e. The third kappa shape index (κ3) is 3.68. The van der Waals surface area contributed by atoms with E-state index >= 15 is 0 Å². The number of carbonyl (C=O) groups is 1. The monoisotopic (exact) mass is 264 g/mol. The van der Waals surface area contributed by atoms with Crippen LogP contribution in [-0.4, -0.2) is 5.78 Å². The van der Waals surface area contributed by atoms with E-state index in [0.29, 0.717) is 18.1 Å². The van der Waals surface area contributed by atoms with Crippen LogP contribution in [0.5, 0.6) is 0 Å². The molecule has 0 bridgehead atoms. The van der Waals surface area contributed by atoms with Crippen molar-refractivity contribution < 1.29 is 18.0 Å². The van der Waals surface area contributed by atoms with Crippen molar-refractivity contribution in [3.63, 3.8) is 0 Å². The van der Waals surface area contributed by atoms with Crippen LogP contribution in [0, 0.1) is 17.5 Å². The molecule has 2 aromatic carbocycles. The van der Waals surface area contributed by atoms with Gasteiger partial charge in [0.25, 0.3) is 0 Å². The third-order valence-electron chi connectivity index (χ3n) is 2.71. The molecule has 4 heteroatoms. The summed E-state index contributed by atoms with van der Waals surface area (Å²) in [4.78, 5) is 11.8. The highest BCUT2D eigenvalue weighted by Crippen LogP contribution is 2.13. The Morgan fingerprint density at radius 3 is 2.21 bits per heavy atom. The quantitative estimate of drug-likeness (QED) is 0.765. The van der Waals surface area contributed by atoms with E-state index in [1.165, 1.54) is 12.1 Å². The second kappa shape index (κ2) is 5.69. The molecule has 98 valence electrons. The molecule has 0 spiro atoms. The van der Waals surface area contributed by atoms with Crippen LogP contribution in [0.25, 0.3) is 0 Å². The number of aryl methyl sites for hydroxylation is 1. The van der Waals surface area contributed by atoms with Crippen molar-refractivity contribution in [1.82, 2.24) is 0 Å². The lowest BCUT2D eigenvalue weighted by atomic mass is 10.0. The number of benzene rings is 2. The lowest BCUT2D eigenvalue weighted by molar-refractivity contribution is 0.0982. The van der Waals surface area contributed by atoms with Crippen LogP contribution in [0.1, 0.15) is 22.3 Å². The van der Waals surface area contributed by atoms with Gasteiger partial charge in [0.2, 0.25) is 0 Å². The topological polar surface area (TPSA) is 17.1 Å². The van der Waals surface area contributed by atoms with Gasteiger partial charge in [-0.25, -0.2) is 13.2 Å². The molecule has 19 heavy (non-hydrogen) atoms. The van der Waals surface area contributed by atoms with Crippen molar-refractivity contribution in [2.75, 3.05) is 0 Å². The number of hydrogen-bond acceptors (Lipinski definition) is 1. The van der Waals surface area contributed by atoms with Gasteiger partial charge < -0.3 is 0 Å². The molecular weight excluding hydrogens is 253 g/mol. The highest BCUT2D eigenvalue weighted by molar-refractivity contribution is 5.96. The summed E-state index contributed by atoms with van der Waals surface area (Å²) in [6.45, 7) is 0. The molecule has 0 fully saturated rings. The molecule has 0 saturated carbocycles. The molecule has 2 aromatic rings. The lowest BCUT2D eigenvalue weighted by Gasteiger charge is -2.03. The Morgan fingerprint density at radius 1 is 0.895 bits per heavy atom. The molecule has 0 atom stereocenters. The van der Waals surface area contributed by atoms with E-state index in [4.69, 9.17) is 0 Å². The fourth-order valence-corrected chi connectivity index (χ4v) is 1.81. The fourth-order valence-electron chi connectivity index (χ4n) is 1.81. The molecule has 0 unspecified atom stereocenters. The molecule has 0 radical (unpaired) electrons. The zero-order valence-corrected chi connectivity index (χ0v) is 10.00. The zero-order valence-electron chi connectivity index (χ0n) is 10.00. The molecule has 0 N–H and O–H groups in total. The highest BCUT2D eigenvalue weighted by atomic mass is 19.1. The fraction of sp³-hybridized carbons (Fsp3) is 0.133. The van der Waals surface area contributed by atoms with Gasteiger partial charge in [-0.05, 0) is 36.2 Å². The molecule has 0 amide bonds. The third-order valence-corrected chi connectivity index (χ3v) is 2.71. The Kier molecular flexibility index (Phi) is 4.00. The number of ketones is 1. The number of Topliss-reactive ketones (excluding diaryl/α,β-unsaturated/α-hetero) is 1. The molecule has 0 aliphatic carbocycles. The first-order chi connectivity index (χ1) is 9.04. The number of halogens is 3. The number of rotatable bonds is 4. The second-order valence-electron chi connectivity index (χ2n) is 4.21. The summed E-state index contributed by atoms with van der Waals surface area (Å²) in [6.07, 6.45) is 0.404. The smallest absolute Gasteiger partial charge is 0.163 e. The van der Waals surface area contributed by atoms with E-state index in [9.17, 15) is 18.0 Å². The standard InChI is InChI=1S/C15H11F3O/c16-12-3-1-2-10(6-12)4-5-15(19)11-7-13(17)9-14(18)8-11/h1-3,6-9H,4-5H2. The predicted octanol–water partition coefficient (Wildman–Crippen LogP) is 3.92. The Labute approximate surface area is 108 Å². The van der Waals surface area contributed by atoms with Gasteiger partial charge in [0.1, 0.15) is 17.5 Å². The van der Waals surface area contributed by atoms with E-state index in [-0.39, 0.29) is 23.6 Å². The van der Waals surface area contributed by atoms with Gasteiger partial charge in [0.05, 0.1) is 0 Å². The Bertz CT molecular complexity index is 588. The summed E-state index contributed by atoms with van der Waals surface area (Å²) >= 11 is 0. The van der Waals surface area contributed by atoms with Gasteiger partial charge in [0, 0.05) is 18.1 Å². The van der Waals surface area contributed by atoms with E-state index in [1.54, 1.807) is 12.1 Å². The van der Waals surface area contributed by atoms with Crippen molar-refractivity contribution in [3.8, 4) is 0 Å². The van der Waals surface area contributed by atoms with Gasteiger partial charge in [-0.15, -0.1) is 0 Å². The molecule has 0 aliphatic heterocycles. The van der Waals surface area contributed by atoms with Crippen LogP contribution in [-0.2, 0) is 6.42 Å². The highest BCUT2D eigenvalue weighted by Gasteiger charge is 2.09. The first-order valence-electron chi connectivity index (χ1n) is 5.78. The summed E-state index contributed by atoms with van der Waals surface area (Å²) in [6, 6.07) is 8.60. The van der Waals surface area contributed by atoms with Gasteiger partial charge in [0.15, 0.2) is 5.78 Å². The molecular formula is C15H11F3O. The van der Waals surface area contributed by atoms with E-state index in [1.807, 2.05) is 0 Å². The molecule has 1 nitrogen and oxygen atoms in total. The first-order valence-corrected chi connectivity index (χ1v) is 5.78. The van der Waals surface area contributed by atoms with Crippen LogP contribution >= 0.6 is 0 Å². The van der Waals surface area contributed by atoms with Gasteiger partial charge >= 0.3 is 0 Å². The zero-order chi connectivity index (χ0) is 13.8. The van der Waals surface area contributed by atoms with Gasteiger partial charge in [-0.2, -0.15) is 0 Å². The van der Waals surface area contributed by atoms with Gasteiger partial charge in [-0.1, -0.05) is 12.1 Å². The van der Waals surface area contributed by atoms with E-state index in [2.05, 4.69) is 0 Å². The van der Waals surface area contributed by atoms with E-state index < -0.39 is 11.6 Å². The molecule has 2 rings (SSSR count). The van der Waals surface area contributed by atoms with Crippen LogP contribution in [0.4, 0.5) is 13.2 Å². The Morgan fingerprint density at radius 2 is 1.58 bits per heavy atom. The molecule has 0 heterocycles. The Hall–Kier alpha value is -2.10. The van der Waals surface area contributed by atoms with Crippen LogP contribution in [0.15, 0.2) is 42.5 Å². The maximum Gasteiger partial charge on any atom is 0.163 e. The van der Waals surface area contributed by atoms with Crippen molar-refractivity contribution in [2.24, 2.45) is 0 Å². The minimum absolute atomic E-state index is 0.00565. The first kappa shape index (κ1) is 13.3. The minimum Gasteiger partial charge on any atom is -0.294 e. The van der Waals surface area contributed by atoms with Crippen molar-refractivity contribution in [3.05, 3.63) is 71.0 Å². The van der Waals surface area contributed by atoms with Crippen LogP contribution < -0.4 is 0 Å². The maximum absolute atomic E-state index is 13.0. The molecule has 0 aliphatic rings. The summed E-state index contributed by atoms with van der Waals surface area (Å²) in [5.74, 6) is -2.31. The normalized spacial score (nSPS) is 10.5. The van der Waals surface area contributed by atoms with Crippen molar-refractivity contribution >= 4 is 5.78 Å². The minimum atomic E-state index is -0.783. The van der Waals surface area contributed by atoms with Crippen molar-refractivity contribution in [2.45, 2.75) is 12.8 Å². The summed E-state index contributed by atoms with van der Waals surface area (Å²) in [5, 5.41) is 0. The predicted molar refractivity (Wildman–Crippen MR) is 65.4 cm³/mol. The van der Waals surface area contributed by atoms with Crippen LogP contribution in [0.3, 0.4) is 0 Å². The Balaban J connectivity index is 2.05. The SMILES string of the molecule is O=C(CCc1cccc(F)c1)c1cc(F)cc(F)c1. The van der Waals surface area contributed by atoms with Gasteiger partial charge in [-0.3, -0.25) is 4.79 Å². The average Bonchev–Trinajstić information content (AvgIpc) is 2.35. The maximum atomic E-state index is 13.0. The lowest BCUT2D eigenvalue weighted by Crippen LogP contribution is -2.02. The molecule has 0 saturated heterocycles. The summed E-state index contributed by atoms with van der Waals surface area (Å²) in [5.41, 5.74) is 0.666. The number of carbonyl (C=O) groups excluding carboxylic acids is 1. The van der Waals surface area contributed by atoms with E-state index in [0.717, 1.165) is 12.1 Å². The second-order valence-corrected chi connectivity index (χ2v) is 4.21. The van der Waals surface area contributed by atoms with Crippen LogP contribution in [0.2, 0.25) is 0 Å². The van der Waals surface area contributed by atoms with Crippen molar-refractivity contribution in [1.29, 1.82) is 0 Å². The summed E-state index contributed by atoms with van der Waals surface area (Å²) in [7, 11) is 0. The summed E-state index contributed by atoms with van der Waals surface area (Å²) < 4.78 is 38.9.